The molecule has 0 aliphatic carbocycles. The van der Waals surface area contributed by atoms with E-state index < -0.39 is 0 Å². The molecule has 0 spiro atoms. The number of ether oxygens (including phenoxy) is 2. The van der Waals surface area contributed by atoms with Crippen LogP contribution in [0.25, 0.3) is 0 Å². The number of benzene rings is 1. The molecule has 0 amide bonds. The summed E-state index contributed by atoms with van der Waals surface area (Å²) < 4.78 is 10.3. The summed E-state index contributed by atoms with van der Waals surface area (Å²) >= 11 is 6.10. The Morgan fingerprint density at radius 3 is 2.60 bits per heavy atom. The lowest BCUT2D eigenvalue weighted by atomic mass is 10.2. The quantitative estimate of drug-likeness (QED) is 0.633. The van der Waals surface area contributed by atoms with Crippen molar-refractivity contribution < 1.29 is 9.47 Å². The van der Waals surface area contributed by atoms with Gasteiger partial charge in [-0.3, -0.25) is 0 Å². The summed E-state index contributed by atoms with van der Waals surface area (Å²) in [6, 6.07) is 3.59. The molecule has 15 heavy (non-hydrogen) atoms. The van der Waals surface area contributed by atoms with Gasteiger partial charge in [0.25, 0.3) is 0 Å². The Hall–Kier alpha value is -1.42. The Kier molecular flexibility index (Phi) is 4.24. The minimum absolute atomic E-state index is 0.482. The van der Waals surface area contributed by atoms with Crippen molar-refractivity contribution in [2.24, 2.45) is 5.10 Å². The third-order valence-corrected chi connectivity index (χ3v) is 2.24. The number of nitrogens with one attached hydrogen (secondary N) is 1. The number of rotatable bonds is 4. The van der Waals surface area contributed by atoms with Crippen LogP contribution in [0.3, 0.4) is 0 Å². The first-order valence-corrected chi connectivity index (χ1v) is 4.72. The molecular weight excluding hydrogens is 216 g/mol. The zero-order valence-corrected chi connectivity index (χ0v) is 9.63. The van der Waals surface area contributed by atoms with Crippen molar-refractivity contribution in [2.45, 2.75) is 0 Å². The molecule has 5 heteroatoms. The maximum Gasteiger partial charge on any atom is 0.180 e. The van der Waals surface area contributed by atoms with Gasteiger partial charge in [0, 0.05) is 12.6 Å². The van der Waals surface area contributed by atoms with Gasteiger partial charge in [0.2, 0.25) is 0 Å². The van der Waals surface area contributed by atoms with Crippen LogP contribution in [0, 0.1) is 0 Å². The molecule has 82 valence electrons. The fourth-order valence-corrected chi connectivity index (χ4v) is 1.42. The second kappa shape index (κ2) is 5.46. The number of nitrogens with zero attached hydrogens (tertiary/aromatic N) is 1. The first-order valence-electron chi connectivity index (χ1n) is 4.34. The Balaban J connectivity index is 3.17. The van der Waals surface area contributed by atoms with Crippen molar-refractivity contribution in [3.8, 4) is 11.5 Å². The summed E-state index contributed by atoms with van der Waals surface area (Å²) in [4.78, 5) is 0. The van der Waals surface area contributed by atoms with Crippen LogP contribution in [-0.4, -0.2) is 27.5 Å². The van der Waals surface area contributed by atoms with Crippen molar-refractivity contribution in [1.29, 1.82) is 0 Å². The molecule has 1 aromatic carbocycles. The summed E-state index contributed by atoms with van der Waals surface area (Å²) in [6.45, 7) is 0. The van der Waals surface area contributed by atoms with E-state index >= 15 is 0 Å². The fourth-order valence-electron chi connectivity index (χ4n) is 1.14. The summed E-state index contributed by atoms with van der Waals surface area (Å²) in [6.07, 6.45) is 1.62. The summed E-state index contributed by atoms with van der Waals surface area (Å²) in [5, 5.41) is 4.36. The minimum atomic E-state index is 0.482. The van der Waals surface area contributed by atoms with E-state index in [2.05, 4.69) is 10.5 Å². The van der Waals surface area contributed by atoms with Gasteiger partial charge in [0.15, 0.2) is 11.5 Å². The highest BCUT2D eigenvalue weighted by atomic mass is 35.5. The molecule has 4 nitrogen and oxygen atoms in total. The van der Waals surface area contributed by atoms with Gasteiger partial charge in [0.05, 0.1) is 25.5 Å². The first kappa shape index (κ1) is 11.7. The maximum atomic E-state index is 6.10. The van der Waals surface area contributed by atoms with Gasteiger partial charge in [0.1, 0.15) is 0 Å². The number of halogens is 1. The number of hydrogen-bond donors (Lipinski definition) is 1. The average Bonchev–Trinajstić information content (AvgIpc) is 2.27. The number of hydrazone groups is 1. The molecule has 1 aromatic rings. The fraction of sp³-hybridized carbons (Fsp3) is 0.300. The minimum Gasteiger partial charge on any atom is -0.493 e. The van der Waals surface area contributed by atoms with Crippen LogP contribution in [0.15, 0.2) is 17.2 Å². The molecule has 0 unspecified atom stereocenters. The zero-order valence-electron chi connectivity index (χ0n) is 8.87. The molecular formula is C10H13ClN2O2. The molecule has 0 heterocycles. The highest BCUT2D eigenvalue weighted by Gasteiger charge is 2.11. The summed E-state index contributed by atoms with van der Waals surface area (Å²) in [7, 11) is 4.82. The SMILES string of the molecule is CN/N=C/c1ccc(OC)c(OC)c1Cl. The van der Waals surface area contributed by atoms with Gasteiger partial charge >= 0.3 is 0 Å². The van der Waals surface area contributed by atoms with Gasteiger partial charge in [-0.2, -0.15) is 5.10 Å². The number of methoxy groups -OCH3 is 2. The lowest BCUT2D eigenvalue weighted by molar-refractivity contribution is 0.355. The van der Waals surface area contributed by atoms with Gasteiger partial charge in [-0.1, -0.05) is 11.6 Å². The second-order valence-electron chi connectivity index (χ2n) is 2.69. The maximum absolute atomic E-state index is 6.10. The van der Waals surface area contributed by atoms with E-state index in [1.165, 1.54) is 0 Å². The molecule has 0 radical (unpaired) electrons. The summed E-state index contributed by atoms with van der Waals surface area (Å²) in [5.74, 6) is 1.11. The van der Waals surface area contributed by atoms with Crippen molar-refractivity contribution >= 4 is 17.8 Å². The van der Waals surface area contributed by atoms with Crippen LogP contribution in [0.1, 0.15) is 5.56 Å². The van der Waals surface area contributed by atoms with Crippen molar-refractivity contribution in [3.05, 3.63) is 22.7 Å². The Morgan fingerprint density at radius 2 is 2.07 bits per heavy atom. The van der Waals surface area contributed by atoms with E-state index in [9.17, 15) is 0 Å². The van der Waals surface area contributed by atoms with Gasteiger partial charge in [-0.25, -0.2) is 0 Å². The third-order valence-electron chi connectivity index (χ3n) is 1.85. The first-order chi connectivity index (χ1) is 7.24. The topological polar surface area (TPSA) is 42.9 Å². The molecule has 0 bridgehead atoms. The van der Waals surface area contributed by atoms with Crippen LogP contribution in [0.2, 0.25) is 5.02 Å². The number of hydrogen-bond acceptors (Lipinski definition) is 4. The van der Waals surface area contributed by atoms with Crippen LogP contribution in [0.5, 0.6) is 11.5 Å². The van der Waals surface area contributed by atoms with E-state index in [0.717, 1.165) is 5.56 Å². The molecule has 1 N–H and O–H groups in total. The largest absolute Gasteiger partial charge is 0.493 e. The van der Waals surface area contributed by atoms with Crippen molar-refractivity contribution in [3.63, 3.8) is 0 Å². The monoisotopic (exact) mass is 228 g/mol. The highest BCUT2D eigenvalue weighted by Crippen LogP contribution is 2.36. The molecule has 0 saturated carbocycles. The molecule has 0 fully saturated rings. The van der Waals surface area contributed by atoms with E-state index in [-0.39, 0.29) is 0 Å². The van der Waals surface area contributed by atoms with Crippen LogP contribution in [0.4, 0.5) is 0 Å². The molecule has 0 atom stereocenters. The molecule has 0 aliphatic rings. The van der Waals surface area contributed by atoms with E-state index in [0.29, 0.717) is 16.5 Å². The lowest BCUT2D eigenvalue weighted by Crippen LogP contribution is -1.97. The normalized spacial score (nSPS) is 10.4. The lowest BCUT2D eigenvalue weighted by Gasteiger charge is -2.10. The standard InChI is InChI=1S/C10H13ClN2O2/c1-12-13-6-7-4-5-8(14-2)10(15-3)9(7)11/h4-6,12H,1-3H3/b13-6+. The molecule has 0 saturated heterocycles. The van der Waals surface area contributed by atoms with Crippen LogP contribution >= 0.6 is 11.6 Å². The van der Waals surface area contributed by atoms with Crippen molar-refractivity contribution in [2.75, 3.05) is 21.3 Å². The van der Waals surface area contributed by atoms with Crippen LogP contribution < -0.4 is 14.9 Å². The molecule has 1 rings (SSSR count). The highest BCUT2D eigenvalue weighted by molar-refractivity contribution is 6.34. The van der Waals surface area contributed by atoms with E-state index in [1.54, 1.807) is 33.5 Å². The molecule has 0 aliphatic heterocycles. The Morgan fingerprint density at radius 1 is 1.33 bits per heavy atom. The van der Waals surface area contributed by atoms with Gasteiger partial charge < -0.3 is 14.9 Å². The summed E-state index contributed by atoms with van der Waals surface area (Å²) in [5.41, 5.74) is 3.42. The van der Waals surface area contributed by atoms with Crippen molar-refractivity contribution in [1.82, 2.24) is 5.43 Å². The van der Waals surface area contributed by atoms with Crippen LogP contribution in [-0.2, 0) is 0 Å². The average molecular weight is 229 g/mol. The predicted molar refractivity (Wildman–Crippen MR) is 61.2 cm³/mol. The third kappa shape index (κ3) is 2.53. The van der Waals surface area contributed by atoms with Gasteiger partial charge in [-0.15, -0.1) is 0 Å². The smallest absolute Gasteiger partial charge is 0.180 e. The van der Waals surface area contributed by atoms with Gasteiger partial charge in [-0.05, 0) is 12.1 Å². The Labute approximate surface area is 93.8 Å². The van der Waals surface area contributed by atoms with E-state index in [4.69, 9.17) is 21.1 Å². The second-order valence-corrected chi connectivity index (χ2v) is 3.06. The predicted octanol–water partition coefficient (Wildman–Crippen LogP) is 1.91. The molecule has 0 aromatic heterocycles. The Bertz CT molecular complexity index is 367. The zero-order chi connectivity index (χ0) is 11.3. The van der Waals surface area contributed by atoms with E-state index in [1.807, 2.05) is 6.07 Å².